The molecular weight excluding hydrogens is 704 g/mol. The van der Waals surface area contributed by atoms with E-state index in [0.717, 1.165) is 0 Å². The topological polar surface area (TPSA) is 36.9 Å². The van der Waals surface area contributed by atoms with Crippen LogP contribution >= 0.6 is 69.6 Å². The van der Waals surface area contributed by atoms with Crippen molar-refractivity contribution in [3.8, 4) is 0 Å². The summed E-state index contributed by atoms with van der Waals surface area (Å²) in [7, 11) is 0. The van der Waals surface area contributed by atoms with Gasteiger partial charge in [0.15, 0.2) is 0 Å². The SMILES string of the molecule is CC(OC(C)(C)C)C1(C(C)OC(C)(C)C)Sc2cc3c(c(I)c2S1)SC(C(C)OC(C)(C)C)(C(C)OC(C)(C)C)S3. The number of ether oxygens (including phenoxy) is 4. The minimum atomic E-state index is -0.310. The third kappa shape index (κ3) is 8.72. The Balaban J connectivity index is 2.06. The number of fused-ring (bicyclic) bond motifs is 2. The molecule has 0 saturated heterocycles. The van der Waals surface area contributed by atoms with Gasteiger partial charge >= 0.3 is 0 Å². The molecule has 41 heavy (non-hydrogen) atoms. The van der Waals surface area contributed by atoms with Gasteiger partial charge in [-0.3, -0.25) is 0 Å². The van der Waals surface area contributed by atoms with Crippen molar-refractivity contribution in [2.24, 2.45) is 0 Å². The molecule has 2 heterocycles. The van der Waals surface area contributed by atoms with E-state index in [1.807, 2.05) is 47.0 Å². The van der Waals surface area contributed by atoms with Crippen LogP contribution in [0.1, 0.15) is 111 Å². The van der Waals surface area contributed by atoms with Gasteiger partial charge in [0.2, 0.25) is 0 Å². The molecule has 2 aliphatic heterocycles. The van der Waals surface area contributed by atoms with Gasteiger partial charge in [-0.1, -0.05) is 0 Å². The minimum absolute atomic E-state index is 0.0345. The van der Waals surface area contributed by atoms with Crippen LogP contribution in [0.4, 0.5) is 0 Å². The van der Waals surface area contributed by atoms with E-state index in [4.69, 9.17) is 18.9 Å². The Morgan fingerprint density at radius 1 is 0.512 bits per heavy atom. The predicted octanol–water partition coefficient (Wildman–Crippen LogP) is 10.9. The van der Waals surface area contributed by atoms with Crippen molar-refractivity contribution in [1.29, 1.82) is 0 Å². The van der Waals surface area contributed by atoms with Crippen molar-refractivity contribution in [1.82, 2.24) is 0 Å². The molecule has 0 saturated carbocycles. The zero-order chi connectivity index (χ0) is 31.6. The molecule has 0 radical (unpaired) electrons. The van der Waals surface area contributed by atoms with Gasteiger partial charge in [0.05, 0.1) is 46.8 Å². The molecule has 0 aliphatic carbocycles. The van der Waals surface area contributed by atoms with E-state index in [2.05, 4.69) is 139 Å². The fourth-order valence-corrected chi connectivity index (χ4v) is 13.5. The Labute approximate surface area is 281 Å². The summed E-state index contributed by atoms with van der Waals surface area (Å²) in [5.41, 5.74) is -1.01. The first-order chi connectivity index (χ1) is 18.3. The molecule has 4 atom stereocenters. The Morgan fingerprint density at radius 3 is 0.976 bits per heavy atom. The van der Waals surface area contributed by atoms with Crippen molar-refractivity contribution in [2.45, 2.75) is 185 Å². The van der Waals surface area contributed by atoms with Crippen LogP contribution in [0, 0.1) is 3.57 Å². The van der Waals surface area contributed by atoms with Gasteiger partial charge in [0.1, 0.15) is 8.16 Å². The maximum Gasteiger partial charge on any atom is 0.122 e. The zero-order valence-electron chi connectivity index (χ0n) is 28.0. The van der Waals surface area contributed by atoms with E-state index in [1.165, 1.54) is 23.2 Å². The first kappa shape index (κ1) is 36.7. The van der Waals surface area contributed by atoms with Crippen LogP contribution in [0.15, 0.2) is 25.6 Å². The van der Waals surface area contributed by atoms with E-state index < -0.39 is 0 Å². The fraction of sp³-hybridized carbons (Fsp3) is 0.812. The summed E-state index contributed by atoms with van der Waals surface area (Å²) in [6.07, 6.45) is -0.138. The summed E-state index contributed by atoms with van der Waals surface area (Å²) >= 11 is 10.3. The summed E-state index contributed by atoms with van der Waals surface area (Å²) in [5.74, 6) is 0. The van der Waals surface area contributed by atoms with Gasteiger partial charge in [-0.2, -0.15) is 0 Å². The lowest BCUT2D eigenvalue weighted by Crippen LogP contribution is -2.49. The number of hydrogen-bond donors (Lipinski definition) is 0. The van der Waals surface area contributed by atoms with Crippen molar-refractivity contribution in [3.63, 3.8) is 0 Å². The van der Waals surface area contributed by atoms with Crippen molar-refractivity contribution >= 4 is 69.6 Å². The van der Waals surface area contributed by atoms with Crippen LogP contribution in [-0.2, 0) is 18.9 Å². The normalized spacial score (nSPS) is 26.5. The van der Waals surface area contributed by atoms with Gasteiger partial charge < -0.3 is 18.9 Å². The molecule has 2 aliphatic rings. The van der Waals surface area contributed by atoms with Crippen LogP contribution in [0.2, 0.25) is 0 Å². The van der Waals surface area contributed by atoms with Crippen LogP contribution < -0.4 is 0 Å². The molecule has 4 unspecified atom stereocenters. The number of halogens is 1. The second kappa shape index (κ2) is 12.4. The molecule has 1 aromatic rings. The standard InChI is InChI=1S/C32H53IO4S4/c1-18(34-27(5,6)7)31(19(2)35-28(8,9)10)38-22-17-23-26(24(33)25(22)40-31)41-32(39-23,20(3)36-29(11,12)13)21(4)37-30(14,15)16/h17-21H,1-16H3. The third-order valence-corrected chi connectivity index (χ3v) is 15.9. The van der Waals surface area contributed by atoms with E-state index >= 15 is 0 Å². The molecule has 236 valence electrons. The van der Waals surface area contributed by atoms with Crippen molar-refractivity contribution < 1.29 is 18.9 Å². The van der Waals surface area contributed by atoms with Gasteiger partial charge in [0, 0.05) is 23.2 Å². The van der Waals surface area contributed by atoms with E-state index in [0.29, 0.717) is 0 Å². The summed E-state index contributed by atoms with van der Waals surface area (Å²) < 4.78 is 27.3. The van der Waals surface area contributed by atoms with Crippen LogP contribution in [0.25, 0.3) is 0 Å². The predicted molar refractivity (Wildman–Crippen MR) is 189 cm³/mol. The summed E-state index contributed by atoms with van der Waals surface area (Å²) in [5, 5.41) is 0. The highest BCUT2D eigenvalue weighted by Crippen LogP contribution is 2.68. The Hall–Kier alpha value is 1.19. The van der Waals surface area contributed by atoms with Crippen molar-refractivity contribution in [2.75, 3.05) is 0 Å². The second-order valence-corrected chi connectivity index (χ2v) is 22.0. The molecular formula is C32H53IO4S4. The fourth-order valence-electron chi connectivity index (χ4n) is 5.39. The van der Waals surface area contributed by atoms with Gasteiger partial charge in [-0.05, 0) is 139 Å². The highest BCUT2D eigenvalue weighted by Gasteiger charge is 2.56. The van der Waals surface area contributed by atoms with Gasteiger partial charge in [-0.15, -0.1) is 47.0 Å². The smallest absolute Gasteiger partial charge is 0.122 e. The summed E-state index contributed by atoms with van der Waals surface area (Å²) in [6, 6.07) is 2.41. The van der Waals surface area contributed by atoms with Crippen LogP contribution in [0.3, 0.4) is 0 Å². The summed E-state index contributed by atoms with van der Waals surface area (Å²) in [6.45, 7) is 34.5. The Bertz CT molecular complexity index is 971. The lowest BCUT2D eigenvalue weighted by Gasteiger charge is -2.43. The lowest BCUT2D eigenvalue weighted by molar-refractivity contribution is -0.104. The van der Waals surface area contributed by atoms with E-state index in [1.54, 1.807) is 0 Å². The van der Waals surface area contributed by atoms with Crippen LogP contribution in [0.5, 0.6) is 0 Å². The highest BCUT2D eigenvalue weighted by molar-refractivity contribution is 14.1. The number of benzene rings is 1. The largest absolute Gasteiger partial charge is 0.370 e. The monoisotopic (exact) mass is 756 g/mol. The van der Waals surface area contributed by atoms with Gasteiger partial charge in [-0.25, -0.2) is 0 Å². The first-order valence-corrected chi connectivity index (χ1v) is 19.0. The van der Waals surface area contributed by atoms with E-state index in [9.17, 15) is 0 Å². The molecule has 9 heteroatoms. The highest BCUT2D eigenvalue weighted by atomic mass is 127. The molecule has 0 bridgehead atoms. The average Bonchev–Trinajstić information content (AvgIpc) is 3.30. The molecule has 0 spiro atoms. The molecule has 3 rings (SSSR count). The molecule has 1 aromatic carbocycles. The minimum Gasteiger partial charge on any atom is -0.370 e. The van der Waals surface area contributed by atoms with Crippen LogP contribution in [-0.4, -0.2) is 55.0 Å². The molecule has 4 nitrogen and oxygen atoms in total. The second-order valence-electron chi connectivity index (χ2n) is 15.2. The van der Waals surface area contributed by atoms with Crippen molar-refractivity contribution in [3.05, 3.63) is 9.64 Å². The quantitative estimate of drug-likeness (QED) is 0.243. The number of rotatable bonds is 8. The molecule has 0 fully saturated rings. The maximum absolute atomic E-state index is 6.65. The van der Waals surface area contributed by atoms with Gasteiger partial charge in [0.25, 0.3) is 0 Å². The zero-order valence-corrected chi connectivity index (χ0v) is 33.5. The molecule has 0 amide bonds. The first-order valence-electron chi connectivity index (χ1n) is 14.6. The third-order valence-electron chi connectivity index (χ3n) is 6.56. The Kier molecular flexibility index (Phi) is 11.1. The number of thioether (sulfide) groups is 4. The molecule has 0 aromatic heterocycles. The Morgan fingerprint density at radius 2 is 0.756 bits per heavy atom. The number of hydrogen-bond acceptors (Lipinski definition) is 8. The average molecular weight is 757 g/mol. The maximum atomic E-state index is 6.65. The summed E-state index contributed by atoms with van der Waals surface area (Å²) in [4.78, 5) is 5.29. The molecule has 0 N–H and O–H groups in total. The lowest BCUT2D eigenvalue weighted by atomic mass is 10.1. The van der Waals surface area contributed by atoms with E-state index in [-0.39, 0.29) is 55.0 Å².